The van der Waals surface area contributed by atoms with Gasteiger partial charge in [0.2, 0.25) is 0 Å². The minimum absolute atomic E-state index is 0.185. The maximum absolute atomic E-state index is 12.8. The van der Waals surface area contributed by atoms with Crippen molar-refractivity contribution in [3.05, 3.63) is 47.9 Å². The Kier molecular flexibility index (Phi) is 4.18. The van der Waals surface area contributed by atoms with E-state index in [0.717, 1.165) is 23.4 Å². The van der Waals surface area contributed by atoms with Gasteiger partial charge in [-0.2, -0.15) is 10.2 Å². The maximum atomic E-state index is 12.8. The lowest BCUT2D eigenvalue weighted by molar-refractivity contribution is 0.102. The van der Waals surface area contributed by atoms with Gasteiger partial charge in [-0.05, 0) is 18.2 Å². The Morgan fingerprint density at radius 2 is 2.15 bits per heavy atom. The second-order valence-corrected chi connectivity index (χ2v) is 6.27. The Balaban J connectivity index is 1.60. The highest BCUT2D eigenvalue weighted by Crippen LogP contribution is 2.27. The SMILES string of the molecule is Cn1cc(-c2nn(C)cc2NC(=O)c2ccc3c(c2)CNCCO3)cn1. The summed E-state index contributed by atoms with van der Waals surface area (Å²) >= 11 is 0. The molecule has 4 rings (SSSR count). The van der Waals surface area contributed by atoms with Crippen molar-refractivity contribution in [3.8, 4) is 17.0 Å². The van der Waals surface area contributed by atoms with Crippen LogP contribution in [0.4, 0.5) is 5.69 Å². The molecule has 0 radical (unpaired) electrons. The number of nitrogens with one attached hydrogen (secondary N) is 2. The molecular formula is C18H20N6O2. The van der Waals surface area contributed by atoms with Crippen LogP contribution in [0.1, 0.15) is 15.9 Å². The second kappa shape index (κ2) is 6.64. The molecule has 8 heteroatoms. The third-order valence-corrected chi connectivity index (χ3v) is 4.23. The Hall–Kier alpha value is -3.13. The summed E-state index contributed by atoms with van der Waals surface area (Å²) in [6.07, 6.45) is 5.38. The zero-order valence-electron chi connectivity index (χ0n) is 14.7. The molecular weight excluding hydrogens is 332 g/mol. The van der Waals surface area contributed by atoms with Gasteiger partial charge in [-0.25, -0.2) is 0 Å². The number of aromatic nitrogens is 4. The number of fused-ring (bicyclic) bond motifs is 1. The zero-order valence-corrected chi connectivity index (χ0v) is 14.7. The number of carbonyl (C=O) groups excluding carboxylic acids is 1. The topological polar surface area (TPSA) is 86.0 Å². The number of amides is 1. The predicted octanol–water partition coefficient (Wildman–Crippen LogP) is 1.55. The molecule has 0 atom stereocenters. The van der Waals surface area contributed by atoms with Gasteiger partial charge in [0.1, 0.15) is 18.1 Å². The van der Waals surface area contributed by atoms with Crippen molar-refractivity contribution < 1.29 is 9.53 Å². The lowest BCUT2D eigenvalue weighted by Gasteiger charge is -2.09. The van der Waals surface area contributed by atoms with Crippen molar-refractivity contribution in [2.75, 3.05) is 18.5 Å². The van der Waals surface area contributed by atoms with Gasteiger partial charge < -0.3 is 15.4 Å². The molecule has 2 aromatic heterocycles. The maximum Gasteiger partial charge on any atom is 0.255 e. The van der Waals surface area contributed by atoms with E-state index in [0.29, 0.717) is 30.1 Å². The van der Waals surface area contributed by atoms with Crippen LogP contribution < -0.4 is 15.4 Å². The van der Waals surface area contributed by atoms with Crippen LogP contribution in [0.25, 0.3) is 11.3 Å². The fourth-order valence-corrected chi connectivity index (χ4v) is 2.99. The first-order valence-corrected chi connectivity index (χ1v) is 8.40. The van der Waals surface area contributed by atoms with E-state index in [1.165, 1.54) is 0 Å². The molecule has 0 fully saturated rings. The average molecular weight is 352 g/mol. The molecule has 8 nitrogen and oxygen atoms in total. The Bertz CT molecular complexity index is 958. The van der Waals surface area contributed by atoms with E-state index in [2.05, 4.69) is 20.8 Å². The highest BCUT2D eigenvalue weighted by Gasteiger charge is 2.17. The number of rotatable bonds is 3. The number of nitrogens with zero attached hydrogens (tertiary/aromatic N) is 4. The summed E-state index contributed by atoms with van der Waals surface area (Å²) in [5, 5.41) is 14.8. The summed E-state index contributed by atoms with van der Waals surface area (Å²) in [5.74, 6) is 0.638. The smallest absolute Gasteiger partial charge is 0.255 e. The number of anilines is 1. The molecule has 1 aromatic carbocycles. The minimum Gasteiger partial charge on any atom is -0.492 e. The Morgan fingerprint density at radius 3 is 2.96 bits per heavy atom. The monoisotopic (exact) mass is 352 g/mol. The van der Waals surface area contributed by atoms with Gasteiger partial charge >= 0.3 is 0 Å². The molecule has 0 unspecified atom stereocenters. The van der Waals surface area contributed by atoms with Crippen LogP contribution in [0.5, 0.6) is 5.75 Å². The van der Waals surface area contributed by atoms with E-state index in [1.807, 2.05) is 32.4 Å². The molecule has 3 aromatic rings. The van der Waals surface area contributed by atoms with E-state index in [4.69, 9.17) is 4.74 Å². The molecule has 1 amide bonds. The fraction of sp³-hybridized carbons (Fsp3) is 0.278. The van der Waals surface area contributed by atoms with Crippen LogP contribution in [0, 0.1) is 0 Å². The van der Waals surface area contributed by atoms with Crippen molar-refractivity contribution in [2.45, 2.75) is 6.54 Å². The molecule has 1 aliphatic heterocycles. The molecule has 1 aliphatic rings. The largest absolute Gasteiger partial charge is 0.492 e. The van der Waals surface area contributed by atoms with Crippen LogP contribution in [0.3, 0.4) is 0 Å². The Morgan fingerprint density at radius 1 is 1.27 bits per heavy atom. The molecule has 134 valence electrons. The van der Waals surface area contributed by atoms with Crippen molar-refractivity contribution >= 4 is 11.6 Å². The summed E-state index contributed by atoms with van der Waals surface area (Å²) in [7, 11) is 3.66. The van der Waals surface area contributed by atoms with Gasteiger partial charge in [-0.1, -0.05) is 0 Å². The zero-order chi connectivity index (χ0) is 18.1. The molecule has 2 N–H and O–H groups in total. The standard InChI is InChI=1S/C18H20N6O2/c1-23-10-14(9-20-23)17-15(11-24(2)22-17)21-18(25)12-3-4-16-13(7-12)8-19-5-6-26-16/h3-4,7,9-11,19H,5-6,8H2,1-2H3,(H,21,25). The van der Waals surface area contributed by atoms with E-state index < -0.39 is 0 Å². The van der Waals surface area contributed by atoms with Crippen LogP contribution in [0.15, 0.2) is 36.8 Å². The number of ether oxygens (including phenoxy) is 1. The third-order valence-electron chi connectivity index (χ3n) is 4.23. The van der Waals surface area contributed by atoms with Gasteiger partial charge in [0.15, 0.2) is 0 Å². The third kappa shape index (κ3) is 3.18. The number of hydrogen-bond donors (Lipinski definition) is 2. The molecule has 0 saturated carbocycles. The lowest BCUT2D eigenvalue weighted by atomic mass is 10.1. The summed E-state index contributed by atoms with van der Waals surface area (Å²) in [6, 6.07) is 5.49. The first-order chi connectivity index (χ1) is 12.6. The van der Waals surface area contributed by atoms with Crippen molar-refractivity contribution in [3.63, 3.8) is 0 Å². The molecule has 0 aliphatic carbocycles. The highest BCUT2D eigenvalue weighted by atomic mass is 16.5. The van der Waals surface area contributed by atoms with Crippen molar-refractivity contribution in [1.29, 1.82) is 0 Å². The van der Waals surface area contributed by atoms with Crippen molar-refractivity contribution in [2.24, 2.45) is 14.1 Å². The van der Waals surface area contributed by atoms with Crippen LogP contribution >= 0.6 is 0 Å². The molecule has 0 saturated heterocycles. The van der Waals surface area contributed by atoms with Crippen LogP contribution in [0.2, 0.25) is 0 Å². The van der Waals surface area contributed by atoms with Crippen molar-refractivity contribution in [1.82, 2.24) is 24.9 Å². The molecule has 26 heavy (non-hydrogen) atoms. The van der Waals surface area contributed by atoms with E-state index in [1.54, 1.807) is 27.8 Å². The normalized spacial score (nSPS) is 13.6. The van der Waals surface area contributed by atoms with Gasteiger partial charge in [0, 0.05) is 56.3 Å². The van der Waals surface area contributed by atoms with E-state index in [9.17, 15) is 4.79 Å². The van der Waals surface area contributed by atoms with E-state index >= 15 is 0 Å². The molecule has 0 spiro atoms. The summed E-state index contributed by atoms with van der Waals surface area (Å²) in [6.45, 7) is 2.10. The van der Waals surface area contributed by atoms with Crippen LogP contribution in [-0.4, -0.2) is 38.6 Å². The van der Waals surface area contributed by atoms with Gasteiger partial charge in [-0.3, -0.25) is 14.2 Å². The predicted molar refractivity (Wildman–Crippen MR) is 97.0 cm³/mol. The second-order valence-electron chi connectivity index (χ2n) is 6.27. The Labute approximate surface area is 150 Å². The fourth-order valence-electron chi connectivity index (χ4n) is 2.99. The number of aryl methyl sites for hydroxylation is 2. The average Bonchev–Trinajstić information content (AvgIpc) is 3.11. The summed E-state index contributed by atoms with van der Waals surface area (Å²) in [5.41, 5.74) is 3.75. The first kappa shape index (κ1) is 16.3. The van der Waals surface area contributed by atoms with Gasteiger partial charge in [-0.15, -0.1) is 0 Å². The first-order valence-electron chi connectivity index (χ1n) is 8.40. The lowest BCUT2D eigenvalue weighted by Crippen LogP contribution is -2.16. The number of hydrogen-bond acceptors (Lipinski definition) is 5. The number of carbonyl (C=O) groups is 1. The number of benzene rings is 1. The molecule has 0 bridgehead atoms. The summed E-state index contributed by atoms with van der Waals surface area (Å²) in [4.78, 5) is 12.8. The summed E-state index contributed by atoms with van der Waals surface area (Å²) < 4.78 is 9.04. The quantitative estimate of drug-likeness (QED) is 0.747. The van der Waals surface area contributed by atoms with Crippen LogP contribution in [-0.2, 0) is 20.6 Å². The van der Waals surface area contributed by atoms with E-state index in [-0.39, 0.29) is 5.91 Å². The highest BCUT2D eigenvalue weighted by molar-refractivity contribution is 6.06. The molecule has 3 heterocycles. The minimum atomic E-state index is -0.185. The van der Waals surface area contributed by atoms with Gasteiger partial charge in [0.25, 0.3) is 5.91 Å². The van der Waals surface area contributed by atoms with Gasteiger partial charge in [0.05, 0.1) is 11.9 Å².